The molecule has 2 rings (SSSR count). The van der Waals surface area contributed by atoms with E-state index in [9.17, 15) is 9.59 Å². The van der Waals surface area contributed by atoms with Crippen molar-refractivity contribution in [3.8, 4) is 0 Å². The summed E-state index contributed by atoms with van der Waals surface area (Å²) in [5, 5.41) is 0. The Balaban J connectivity index is 2.20. The van der Waals surface area contributed by atoms with Crippen molar-refractivity contribution >= 4 is 17.4 Å². The van der Waals surface area contributed by atoms with Crippen LogP contribution in [0.3, 0.4) is 0 Å². The van der Waals surface area contributed by atoms with Crippen molar-refractivity contribution in [3.63, 3.8) is 0 Å². The average Bonchev–Trinajstić information content (AvgIpc) is 2.83. The Morgan fingerprint density at radius 1 is 1.33 bits per heavy atom. The summed E-state index contributed by atoms with van der Waals surface area (Å²) in [5.41, 5.74) is 2.01. The fourth-order valence-corrected chi connectivity index (χ4v) is 2.15. The standard InChI is InChI=1S/C15H17NO2/c1-2-12(13-7-4-3-5-8-13)11-15(18)16-10-6-9-14(16)17/h3-5,7-8,11H,2,6,9-10H2,1H3/b12-11+. The van der Waals surface area contributed by atoms with Crippen molar-refractivity contribution < 1.29 is 9.59 Å². The second kappa shape index (κ2) is 5.63. The number of imide groups is 1. The van der Waals surface area contributed by atoms with E-state index in [1.54, 1.807) is 6.08 Å². The van der Waals surface area contributed by atoms with Crippen molar-refractivity contribution in [3.05, 3.63) is 42.0 Å². The highest BCUT2D eigenvalue weighted by Gasteiger charge is 2.25. The summed E-state index contributed by atoms with van der Waals surface area (Å²) < 4.78 is 0. The summed E-state index contributed by atoms with van der Waals surface area (Å²) in [4.78, 5) is 24.9. The summed E-state index contributed by atoms with van der Waals surface area (Å²) in [7, 11) is 0. The van der Waals surface area contributed by atoms with Crippen LogP contribution in [0.5, 0.6) is 0 Å². The molecule has 1 aromatic carbocycles. The normalized spacial score (nSPS) is 16.2. The quantitative estimate of drug-likeness (QED) is 0.765. The minimum Gasteiger partial charge on any atom is -0.279 e. The molecule has 1 heterocycles. The van der Waals surface area contributed by atoms with Crippen LogP contribution in [-0.4, -0.2) is 23.3 Å². The molecular weight excluding hydrogens is 226 g/mol. The van der Waals surface area contributed by atoms with E-state index >= 15 is 0 Å². The van der Waals surface area contributed by atoms with Crippen molar-refractivity contribution in [1.82, 2.24) is 4.90 Å². The van der Waals surface area contributed by atoms with Gasteiger partial charge in [0.1, 0.15) is 0 Å². The fraction of sp³-hybridized carbons (Fsp3) is 0.333. The van der Waals surface area contributed by atoms with Gasteiger partial charge in [-0.15, -0.1) is 0 Å². The Bertz CT molecular complexity index is 477. The molecule has 1 fully saturated rings. The average molecular weight is 243 g/mol. The molecule has 0 radical (unpaired) electrons. The number of carbonyl (C=O) groups is 2. The highest BCUT2D eigenvalue weighted by atomic mass is 16.2. The highest BCUT2D eigenvalue weighted by molar-refractivity contribution is 6.05. The first-order valence-corrected chi connectivity index (χ1v) is 6.32. The summed E-state index contributed by atoms with van der Waals surface area (Å²) in [6.07, 6.45) is 3.65. The van der Waals surface area contributed by atoms with Crippen molar-refractivity contribution in [2.24, 2.45) is 0 Å². The number of rotatable bonds is 3. The predicted octanol–water partition coefficient (Wildman–Crippen LogP) is 2.63. The Hall–Kier alpha value is -1.90. The molecule has 1 aliphatic heterocycles. The zero-order valence-electron chi connectivity index (χ0n) is 10.6. The second-order valence-electron chi connectivity index (χ2n) is 4.38. The van der Waals surface area contributed by atoms with Gasteiger partial charge in [0.2, 0.25) is 5.91 Å². The molecule has 2 amide bonds. The topological polar surface area (TPSA) is 37.4 Å². The lowest BCUT2D eigenvalue weighted by atomic mass is 10.0. The van der Waals surface area contributed by atoms with Gasteiger partial charge in [0.15, 0.2) is 0 Å². The van der Waals surface area contributed by atoms with Gasteiger partial charge in [0, 0.05) is 19.0 Å². The Labute approximate surface area is 107 Å². The third kappa shape index (κ3) is 2.67. The molecule has 1 aromatic rings. The lowest BCUT2D eigenvalue weighted by molar-refractivity contribution is -0.138. The van der Waals surface area contributed by atoms with Crippen LogP contribution in [0.4, 0.5) is 0 Å². The molecular formula is C15H17NO2. The van der Waals surface area contributed by atoms with Crippen molar-refractivity contribution in [1.29, 1.82) is 0 Å². The van der Waals surface area contributed by atoms with E-state index in [-0.39, 0.29) is 11.8 Å². The van der Waals surface area contributed by atoms with E-state index < -0.39 is 0 Å². The van der Waals surface area contributed by atoms with Gasteiger partial charge in [0.05, 0.1) is 0 Å². The highest BCUT2D eigenvalue weighted by Crippen LogP contribution is 2.19. The Morgan fingerprint density at radius 2 is 2.06 bits per heavy atom. The van der Waals surface area contributed by atoms with Crippen LogP contribution < -0.4 is 0 Å². The molecule has 94 valence electrons. The number of allylic oxidation sites excluding steroid dienone is 1. The molecule has 0 aliphatic carbocycles. The van der Waals surface area contributed by atoms with E-state index in [1.807, 2.05) is 37.3 Å². The molecule has 0 atom stereocenters. The fourth-order valence-electron chi connectivity index (χ4n) is 2.15. The minimum absolute atomic E-state index is 0.0558. The van der Waals surface area contributed by atoms with E-state index in [0.717, 1.165) is 24.0 Å². The molecule has 1 aliphatic rings. The number of nitrogens with zero attached hydrogens (tertiary/aromatic N) is 1. The largest absolute Gasteiger partial charge is 0.279 e. The van der Waals surface area contributed by atoms with Gasteiger partial charge in [-0.2, -0.15) is 0 Å². The van der Waals surface area contributed by atoms with Crippen LogP contribution in [0.1, 0.15) is 31.7 Å². The summed E-state index contributed by atoms with van der Waals surface area (Å²) in [5.74, 6) is -0.238. The lowest BCUT2D eigenvalue weighted by Crippen LogP contribution is -2.30. The molecule has 0 spiro atoms. The molecule has 0 saturated carbocycles. The van der Waals surface area contributed by atoms with Crippen LogP contribution in [0, 0.1) is 0 Å². The van der Waals surface area contributed by atoms with Crippen LogP contribution >= 0.6 is 0 Å². The van der Waals surface area contributed by atoms with Crippen molar-refractivity contribution in [2.75, 3.05) is 6.54 Å². The third-order valence-electron chi connectivity index (χ3n) is 3.16. The monoisotopic (exact) mass is 243 g/mol. The van der Waals surface area contributed by atoms with Crippen LogP contribution in [0.15, 0.2) is 36.4 Å². The van der Waals surface area contributed by atoms with Crippen LogP contribution in [-0.2, 0) is 9.59 Å². The molecule has 0 unspecified atom stereocenters. The van der Waals surface area contributed by atoms with Gasteiger partial charge < -0.3 is 0 Å². The summed E-state index contributed by atoms with van der Waals surface area (Å²) >= 11 is 0. The van der Waals surface area contributed by atoms with Gasteiger partial charge in [0.25, 0.3) is 5.91 Å². The van der Waals surface area contributed by atoms with Gasteiger partial charge in [-0.05, 0) is 24.0 Å². The molecule has 0 aromatic heterocycles. The first-order valence-electron chi connectivity index (χ1n) is 6.32. The lowest BCUT2D eigenvalue weighted by Gasteiger charge is -2.12. The second-order valence-corrected chi connectivity index (χ2v) is 4.38. The van der Waals surface area contributed by atoms with Crippen LogP contribution in [0.2, 0.25) is 0 Å². The summed E-state index contributed by atoms with van der Waals surface area (Å²) in [6.45, 7) is 2.57. The molecule has 3 heteroatoms. The summed E-state index contributed by atoms with van der Waals surface area (Å²) in [6, 6.07) is 9.81. The van der Waals surface area contributed by atoms with E-state index in [0.29, 0.717) is 13.0 Å². The van der Waals surface area contributed by atoms with Crippen LogP contribution in [0.25, 0.3) is 5.57 Å². The molecule has 0 bridgehead atoms. The maximum atomic E-state index is 12.0. The van der Waals surface area contributed by atoms with E-state index in [2.05, 4.69) is 0 Å². The minimum atomic E-state index is -0.182. The van der Waals surface area contributed by atoms with Crippen molar-refractivity contribution in [2.45, 2.75) is 26.2 Å². The SMILES string of the molecule is CC/C(=C\C(=O)N1CCCC1=O)c1ccccc1. The van der Waals surface area contributed by atoms with Gasteiger partial charge in [-0.3, -0.25) is 14.5 Å². The number of likely N-dealkylation sites (tertiary alicyclic amines) is 1. The molecule has 1 saturated heterocycles. The number of benzene rings is 1. The number of hydrogen-bond donors (Lipinski definition) is 0. The predicted molar refractivity (Wildman–Crippen MR) is 70.7 cm³/mol. The number of hydrogen-bond acceptors (Lipinski definition) is 2. The zero-order valence-corrected chi connectivity index (χ0v) is 10.6. The Kier molecular flexibility index (Phi) is 3.92. The number of amides is 2. The van der Waals surface area contributed by atoms with Gasteiger partial charge in [-0.25, -0.2) is 0 Å². The Morgan fingerprint density at radius 3 is 2.61 bits per heavy atom. The smallest absolute Gasteiger partial charge is 0.253 e. The molecule has 3 nitrogen and oxygen atoms in total. The third-order valence-corrected chi connectivity index (χ3v) is 3.16. The first-order chi connectivity index (χ1) is 8.72. The van der Waals surface area contributed by atoms with E-state index in [4.69, 9.17) is 0 Å². The number of carbonyl (C=O) groups excluding carboxylic acids is 2. The molecule has 0 N–H and O–H groups in total. The zero-order chi connectivity index (χ0) is 13.0. The van der Waals surface area contributed by atoms with E-state index in [1.165, 1.54) is 4.90 Å². The first kappa shape index (κ1) is 12.6. The maximum absolute atomic E-state index is 12.0. The maximum Gasteiger partial charge on any atom is 0.253 e. The van der Waals surface area contributed by atoms with Gasteiger partial charge in [-0.1, -0.05) is 37.3 Å². The van der Waals surface area contributed by atoms with Gasteiger partial charge >= 0.3 is 0 Å². The molecule has 18 heavy (non-hydrogen) atoms.